The molecule has 0 nitrogen and oxygen atoms in total. The van der Waals surface area contributed by atoms with Gasteiger partial charge in [0.2, 0.25) is 0 Å². The third-order valence-electron chi connectivity index (χ3n) is 3.94. The molecule has 0 aromatic rings. The van der Waals surface area contributed by atoms with Crippen molar-refractivity contribution in [3.8, 4) is 0 Å². The molecular weight excluding hydrogens is 260 g/mol. The van der Waals surface area contributed by atoms with Gasteiger partial charge >= 0.3 is 0 Å². The molecule has 0 N–H and O–H groups in total. The van der Waals surface area contributed by atoms with Gasteiger partial charge in [-0.3, -0.25) is 0 Å². The number of thioether (sulfide) groups is 4. The van der Waals surface area contributed by atoms with Crippen LogP contribution in [-0.4, -0.2) is 16.8 Å². The van der Waals surface area contributed by atoms with Gasteiger partial charge in [-0.1, -0.05) is 13.8 Å². The fraction of sp³-hybridized carbons (Fsp3) is 1.00. The Labute approximate surface area is 110 Å². The van der Waals surface area contributed by atoms with Crippen LogP contribution in [0.2, 0.25) is 0 Å². The molecule has 0 saturated carbocycles. The fourth-order valence-electron chi connectivity index (χ4n) is 2.88. The number of rotatable bonds is 0. The highest BCUT2D eigenvalue weighted by Crippen LogP contribution is 2.81. The van der Waals surface area contributed by atoms with E-state index in [4.69, 9.17) is 0 Å². The number of hydrogen-bond acceptors (Lipinski definition) is 4. The second-order valence-electron chi connectivity index (χ2n) is 5.88. The molecule has 15 heavy (non-hydrogen) atoms. The van der Waals surface area contributed by atoms with Gasteiger partial charge in [-0.05, 0) is 27.2 Å². The first kappa shape index (κ1) is 11.5. The zero-order chi connectivity index (χ0) is 11.1. The lowest BCUT2D eigenvalue weighted by Crippen LogP contribution is -2.61. The third-order valence-corrected chi connectivity index (χ3v) is 12.0. The summed E-state index contributed by atoms with van der Waals surface area (Å²) in [5.74, 6) is 0. The van der Waals surface area contributed by atoms with Crippen molar-refractivity contribution in [2.45, 2.75) is 57.9 Å². The van der Waals surface area contributed by atoms with E-state index in [-0.39, 0.29) is 0 Å². The van der Waals surface area contributed by atoms with Crippen LogP contribution in [0.1, 0.15) is 41.0 Å². The summed E-state index contributed by atoms with van der Waals surface area (Å²) in [6.07, 6.45) is 1.35. The topological polar surface area (TPSA) is 0 Å². The van der Waals surface area contributed by atoms with E-state index in [1.165, 1.54) is 6.42 Å². The van der Waals surface area contributed by atoms with Crippen molar-refractivity contribution in [3.63, 3.8) is 0 Å². The lowest BCUT2D eigenvalue weighted by Gasteiger charge is -2.68. The molecule has 0 amide bonds. The standard InChI is InChI=1S/C11H18S4/c1-8(2)7-12-9(3)6-10(4,13-7)15-11(8,5)14-9/h7H,6H2,1-5H3. The Bertz CT molecular complexity index is 307. The maximum atomic E-state index is 2.48. The first-order chi connectivity index (χ1) is 6.68. The van der Waals surface area contributed by atoms with E-state index in [1.54, 1.807) is 0 Å². The molecule has 4 aliphatic heterocycles. The number of hydrogen-bond donors (Lipinski definition) is 0. The largest absolute Gasteiger partial charge is 0.129 e. The van der Waals surface area contributed by atoms with Crippen molar-refractivity contribution in [1.82, 2.24) is 0 Å². The third kappa shape index (κ3) is 1.40. The average molecular weight is 279 g/mol. The zero-order valence-corrected chi connectivity index (χ0v) is 13.2. The summed E-state index contributed by atoms with van der Waals surface area (Å²) in [6, 6.07) is 0. The summed E-state index contributed by atoms with van der Waals surface area (Å²) in [7, 11) is 0. The summed E-state index contributed by atoms with van der Waals surface area (Å²) in [5, 5.41) is 0. The minimum Gasteiger partial charge on any atom is -0.129 e. The normalized spacial score (nSPS) is 61.0. The maximum Gasteiger partial charge on any atom is 0.0680 e. The second-order valence-corrected chi connectivity index (χ2v) is 14.0. The first-order valence-corrected chi connectivity index (χ1v) is 8.83. The van der Waals surface area contributed by atoms with Crippen LogP contribution in [-0.2, 0) is 0 Å². The minimum atomic E-state index is 0.413. The van der Waals surface area contributed by atoms with Gasteiger partial charge in [0.1, 0.15) is 0 Å². The molecule has 2 unspecified atom stereocenters. The van der Waals surface area contributed by atoms with Crippen LogP contribution in [0.4, 0.5) is 0 Å². The molecule has 0 aliphatic carbocycles. The van der Waals surface area contributed by atoms with E-state index in [9.17, 15) is 0 Å². The zero-order valence-electron chi connectivity index (χ0n) is 9.92. The molecule has 86 valence electrons. The van der Waals surface area contributed by atoms with E-state index in [0.717, 1.165) is 4.58 Å². The molecule has 4 fully saturated rings. The van der Waals surface area contributed by atoms with Crippen LogP contribution in [0.5, 0.6) is 0 Å². The summed E-state index contributed by atoms with van der Waals surface area (Å²) < 4.78 is 2.14. The van der Waals surface area contributed by atoms with Crippen molar-refractivity contribution in [1.29, 1.82) is 0 Å². The molecule has 4 heteroatoms. The molecule has 0 spiro atoms. The van der Waals surface area contributed by atoms with Crippen LogP contribution in [0, 0.1) is 5.41 Å². The Balaban J connectivity index is 2.10. The molecule has 0 aromatic heterocycles. The van der Waals surface area contributed by atoms with Gasteiger partial charge in [0.05, 0.1) is 16.8 Å². The SMILES string of the molecule is CC12CC3(C)SC(S1)C(C)(C)C(C)(S2)S3. The lowest BCUT2D eigenvalue weighted by atomic mass is 9.91. The summed E-state index contributed by atoms with van der Waals surface area (Å²) in [5.41, 5.74) is 0.442. The van der Waals surface area contributed by atoms with E-state index in [1.807, 2.05) is 0 Å². The highest BCUT2D eigenvalue weighted by Gasteiger charge is 2.68. The molecular formula is C11H18S4. The minimum absolute atomic E-state index is 0.413. The summed E-state index contributed by atoms with van der Waals surface area (Å²) >= 11 is 8.91. The fourth-order valence-corrected chi connectivity index (χ4v) is 14.8. The van der Waals surface area contributed by atoms with Crippen LogP contribution < -0.4 is 0 Å². The van der Waals surface area contributed by atoms with Gasteiger partial charge in [-0.2, -0.15) is 0 Å². The highest BCUT2D eigenvalue weighted by atomic mass is 32.3. The lowest BCUT2D eigenvalue weighted by molar-refractivity contribution is 0.352. The van der Waals surface area contributed by atoms with Crippen molar-refractivity contribution in [3.05, 3.63) is 0 Å². The van der Waals surface area contributed by atoms with Gasteiger partial charge < -0.3 is 0 Å². The van der Waals surface area contributed by atoms with Crippen LogP contribution >= 0.6 is 47.0 Å². The molecule has 4 bridgehead atoms. The first-order valence-electron chi connectivity index (χ1n) is 5.44. The smallest absolute Gasteiger partial charge is 0.0680 e. The Kier molecular flexibility index (Phi) is 2.19. The van der Waals surface area contributed by atoms with E-state index >= 15 is 0 Å². The van der Waals surface area contributed by atoms with E-state index in [2.05, 4.69) is 81.7 Å². The molecule has 4 aliphatic rings. The average Bonchev–Trinajstić information content (AvgIpc) is 1.94. The van der Waals surface area contributed by atoms with Crippen LogP contribution in [0.3, 0.4) is 0 Å². The Hall–Kier alpha value is 1.40. The van der Waals surface area contributed by atoms with Gasteiger partial charge in [-0.25, -0.2) is 0 Å². The molecule has 4 saturated heterocycles. The van der Waals surface area contributed by atoms with E-state index in [0.29, 0.717) is 17.7 Å². The van der Waals surface area contributed by atoms with Gasteiger partial charge in [0.25, 0.3) is 0 Å². The quantitative estimate of drug-likeness (QED) is 0.621. The summed E-state index contributed by atoms with van der Waals surface area (Å²) in [4.78, 5) is 0. The van der Waals surface area contributed by atoms with Crippen LogP contribution in [0.15, 0.2) is 0 Å². The Morgan fingerprint density at radius 1 is 0.867 bits per heavy atom. The molecule has 2 atom stereocenters. The van der Waals surface area contributed by atoms with Gasteiger partial charge in [0.15, 0.2) is 0 Å². The van der Waals surface area contributed by atoms with E-state index < -0.39 is 0 Å². The van der Waals surface area contributed by atoms with Gasteiger partial charge in [-0.15, -0.1) is 47.0 Å². The Morgan fingerprint density at radius 2 is 1.33 bits per heavy atom. The molecule has 4 heterocycles. The second kappa shape index (κ2) is 2.86. The highest BCUT2D eigenvalue weighted by molar-refractivity contribution is 8.37. The van der Waals surface area contributed by atoms with Crippen molar-refractivity contribution < 1.29 is 0 Å². The molecule has 0 aromatic carbocycles. The van der Waals surface area contributed by atoms with Crippen LogP contribution in [0.25, 0.3) is 0 Å². The van der Waals surface area contributed by atoms with Crippen molar-refractivity contribution in [2.75, 3.05) is 0 Å². The maximum absolute atomic E-state index is 2.48. The summed E-state index contributed by atoms with van der Waals surface area (Å²) in [6.45, 7) is 12.3. The monoisotopic (exact) mass is 278 g/mol. The molecule has 0 radical (unpaired) electrons. The predicted molar refractivity (Wildman–Crippen MR) is 77.8 cm³/mol. The molecule has 4 rings (SSSR count). The Morgan fingerprint density at radius 3 is 1.73 bits per heavy atom. The van der Waals surface area contributed by atoms with Crippen molar-refractivity contribution in [2.24, 2.45) is 5.41 Å². The van der Waals surface area contributed by atoms with Crippen molar-refractivity contribution >= 4 is 47.0 Å². The predicted octanol–water partition coefficient (Wildman–Crippen LogP) is 4.85. The van der Waals surface area contributed by atoms with Gasteiger partial charge in [0, 0.05) is 5.41 Å².